The summed E-state index contributed by atoms with van der Waals surface area (Å²) in [5, 5.41) is 25.6. The van der Waals surface area contributed by atoms with Crippen LogP contribution in [0.2, 0.25) is 0 Å². The SMILES string of the molecule is Cc1cccc(C)c1NC(=S)/C(=C(\O)c1cccs1)[n+]1cccc(CO)c1. The van der Waals surface area contributed by atoms with Crippen LogP contribution in [0.15, 0.2) is 60.2 Å². The van der Waals surface area contributed by atoms with E-state index in [-0.39, 0.29) is 12.4 Å². The van der Waals surface area contributed by atoms with Crippen LogP contribution in [-0.4, -0.2) is 15.2 Å². The first kappa shape index (κ1) is 19.2. The molecule has 0 bridgehead atoms. The normalized spacial score (nSPS) is 11.8. The number of aliphatic hydroxyl groups is 2. The van der Waals surface area contributed by atoms with Gasteiger partial charge in [-0.2, -0.15) is 4.57 Å². The van der Waals surface area contributed by atoms with Gasteiger partial charge in [-0.05, 0) is 42.5 Å². The lowest BCUT2D eigenvalue weighted by molar-refractivity contribution is -0.576. The zero-order chi connectivity index (χ0) is 19.4. The maximum absolute atomic E-state index is 11.0. The fraction of sp³-hybridized carbons (Fsp3) is 0.143. The number of rotatable bonds is 5. The van der Waals surface area contributed by atoms with Crippen LogP contribution in [-0.2, 0) is 6.61 Å². The van der Waals surface area contributed by atoms with E-state index >= 15 is 0 Å². The first-order valence-corrected chi connectivity index (χ1v) is 9.76. The Morgan fingerprint density at radius 2 is 1.85 bits per heavy atom. The van der Waals surface area contributed by atoms with Crippen molar-refractivity contribution in [2.24, 2.45) is 0 Å². The molecule has 27 heavy (non-hydrogen) atoms. The van der Waals surface area contributed by atoms with Crippen molar-refractivity contribution in [2.45, 2.75) is 20.5 Å². The molecule has 0 aliphatic rings. The molecule has 0 atom stereocenters. The molecule has 0 saturated carbocycles. The van der Waals surface area contributed by atoms with E-state index in [9.17, 15) is 10.2 Å². The molecule has 0 spiro atoms. The van der Waals surface area contributed by atoms with Crippen molar-refractivity contribution in [1.82, 2.24) is 0 Å². The molecule has 4 nitrogen and oxygen atoms in total. The Morgan fingerprint density at radius 3 is 2.48 bits per heavy atom. The van der Waals surface area contributed by atoms with Crippen molar-refractivity contribution in [3.63, 3.8) is 0 Å². The number of nitrogens with one attached hydrogen (secondary N) is 1. The highest BCUT2D eigenvalue weighted by Crippen LogP contribution is 2.25. The first-order chi connectivity index (χ1) is 13.0. The Hall–Kier alpha value is -2.54. The topological polar surface area (TPSA) is 56.4 Å². The summed E-state index contributed by atoms with van der Waals surface area (Å²) in [5.41, 5.74) is 4.26. The lowest BCUT2D eigenvalue weighted by atomic mass is 10.1. The second-order valence-electron chi connectivity index (χ2n) is 6.17. The summed E-state index contributed by atoms with van der Waals surface area (Å²) in [5.74, 6) is 0.0915. The molecule has 0 radical (unpaired) electrons. The quantitative estimate of drug-likeness (QED) is 0.257. The number of aryl methyl sites for hydroxylation is 2. The maximum atomic E-state index is 11.0. The predicted molar refractivity (Wildman–Crippen MR) is 115 cm³/mol. The van der Waals surface area contributed by atoms with E-state index in [1.54, 1.807) is 17.0 Å². The number of benzene rings is 1. The molecular weight excluding hydrogens is 376 g/mol. The molecule has 138 valence electrons. The smallest absolute Gasteiger partial charge is 0.289 e. The molecule has 1 aromatic carbocycles. The predicted octanol–water partition coefficient (Wildman–Crippen LogP) is 4.47. The van der Waals surface area contributed by atoms with E-state index in [1.165, 1.54) is 11.3 Å². The molecule has 6 heteroatoms. The molecule has 2 heterocycles. The standard InChI is InChI=1S/C21H20N2O2S2/c1-14-6-3-7-15(2)18(14)22-21(26)19(20(25)17-9-5-11-27-17)23-10-4-8-16(12-23)13-24/h3-12,24H,13H2,1-2H3,(H-,22,25,26)/p+1. The van der Waals surface area contributed by atoms with Crippen LogP contribution in [0.5, 0.6) is 0 Å². The summed E-state index contributed by atoms with van der Waals surface area (Å²) < 4.78 is 1.74. The van der Waals surface area contributed by atoms with E-state index in [4.69, 9.17) is 12.2 Å². The summed E-state index contributed by atoms with van der Waals surface area (Å²) in [4.78, 5) is 1.12. The number of nitrogens with zero attached hydrogens (tertiary/aromatic N) is 1. The molecule has 3 rings (SSSR count). The van der Waals surface area contributed by atoms with E-state index in [2.05, 4.69) is 5.32 Å². The van der Waals surface area contributed by atoms with Crippen molar-refractivity contribution in [2.75, 3.05) is 5.32 Å². The summed E-state index contributed by atoms with van der Waals surface area (Å²) in [6.07, 6.45) is 3.56. The molecule has 2 aromatic heterocycles. The van der Waals surface area contributed by atoms with Gasteiger partial charge >= 0.3 is 0 Å². The van der Waals surface area contributed by atoms with E-state index in [1.807, 2.05) is 61.7 Å². The van der Waals surface area contributed by atoms with Crippen molar-refractivity contribution in [1.29, 1.82) is 0 Å². The minimum Gasteiger partial charge on any atom is -0.501 e. The van der Waals surface area contributed by atoms with Gasteiger partial charge in [0, 0.05) is 17.3 Å². The zero-order valence-electron chi connectivity index (χ0n) is 15.1. The Morgan fingerprint density at radius 1 is 1.11 bits per heavy atom. The van der Waals surface area contributed by atoms with Gasteiger partial charge in [-0.25, -0.2) is 0 Å². The van der Waals surface area contributed by atoms with Gasteiger partial charge in [0.2, 0.25) is 5.76 Å². The molecular formula is C21H21N2O2S2+. The third kappa shape index (κ3) is 4.24. The van der Waals surface area contributed by atoms with Crippen LogP contribution < -0.4 is 9.88 Å². The molecule has 0 unspecified atom stereocenters. The minimum atomic E-state index is -0.0923. The highest BCUT2D eigenvalue weighted by Gasteiger charge is 2.25. The Balaban J connectivity index is 2.10. The summed E-state index contributed by atoms with van der Waals surface area (Å²) in [7, 11) is 0. The molecule has 3 aromatic rings. The first-order valence-electron chi connectivity index (χ1n) is 8.47. The fourth-order valence-electron chi connectivity index (χ4n) is 2.82. The van der Waals surface area contributed by atoms with Gasteiger partial charge in [-0.1, -0.05) is 36.5 Å². The number of pyridine rings is 1. The molecule has 3 N–H and O–H groups in total. The van der Waals surface area contributed by atoms with Crippen molar-refractivity contribution in [3.8, 4) is 0 Å². The fourth-order valence-corrected chi connectivity index (χ4v) is 3.79. The summed E-state index contributed by atoms with van der Waals surface area (Å²) in [6.45, 7) is 3.94. The average molecular weight is 398 g/mol. The van der Waals surface area contributed by atoms with Crippen molar-refractivity contribution in [3.05, 3.63) is 81.8 Å². The highest BCUT2D eigenvalue weighted by molar-refractivity contribution is 7.81. The number of thiophene rings is 1. The monoisotopic (exact) mass is 397 g/mol. The molecule has 0 amide bonds. The lowest BCUT2D eigenvalue weighted by Crippen LogP contribution is -2.39. The second kappa shape index (κ2) is 8.43. The van der Waals surface area contributed by atoms with Crippen LogP contribution in [0, 0.1) is 13.8 Å². The lowest BCUT2D eigenvalue weighted by Gasteiger charge is -2.14. The van der Waals surface area contributed by atoms with Gasteiger partial charge in [-0.3, -0.25) is 0 Å². The van der Waals surface area contributed by atoms with Crippen LogP contribution in [0.25, 0.3) is 11.5 Å². The van der Waals surface area contributed by atoms with Gasteiger partial charge in [0.05, 0.1) is 11.5 Å². The van der Waals surface area contributed by atoms with Crippen molar-refractivity contribution < 1.29 is 14.8 Å². The van der Waals surface area contributed by atoms with Crippen LogP contribution in [0.3, 0.4) is 0 Å². The van der Waals surface area contributed by atoms with Gasteiger partial charge in [0.25, 0.3) is 5.70 Å². The Bertz CT molecular complexity index is 975. The Labute approximate surface area is 168 Å². The number of anilines is 1. The van der Waals surface area contributed by atoms with Crippen LogP contribution in [0.1, 0.15) is 21.6 Å². The number of aromatic nitrogens is 1. The third-order valence-electron chi connectivity index (χ3n) is 4.22. The van der Waals surface area contributed by atoms with Crippen LogP contribution >= 0.6 is 23.6 Å². The second-order valence-corrected chi connectivity index (χ2v) is 7.53. The molecule has 0 saturated heterocycles. The van der Waals surface area contributed by atoms with Gasteiger partial charge in [0.1, 0.15) is 0 Å². The van der Waals surface area contributed by atoms with E-state index < -0.39 is 0 Å². The van der Waals surface area contributed by atoms with Crippen molar-refractivity contribution >= 4 is 45.7 Å². The molecule has 0 aliphatic heterocycles. The third-order valence-corrected chi connectivity index (χ3v) is 5.39. The number of hydrogen-bond donors (Lipinski definition) is 3. The Kier molecular flexibility index (Phi) is 6.01. The number of thiocarbonyl (C=S) groups is 1. The summed E-state index contributed by atoms with van der Waals surface area (Å²) >= 11 is 7.12. The minimum absolute atomic E-state index is 0.0915. The molecule has 0 aliphatic carbocycles. The number of para-hydroxylation sites is 1. The van der Waals surface area contributed by atoms with Gasteiger partial charge in [0.15, 0.2) is 17.4 Å². The van der Waals surface area contributed by atoms with E-state index in [0.29, 0.717) is 10.7 Å². The maximum Gasteiger partial charge on any atom is 0.289 e. The van der Waals surface area contributed by atoms with Crippen LogP contribution in [0.4, 0.5) is 5.69 Å². The van der Waals surface area contributed by atoms with Gasteiger partial charge in [-0.15, -0.1) is 11.3 Å². The van der Waals surface area contributed by atoms with E-state index in [0.717, 1.165) is 27.3 Å². The highest BCUT2D eigenvalue weighted by atomic mass is 32.1. The number of aliphatic hydroxyl groups excluding tert-OH is 2. The largest absolute Gasteiger partial charge is 0.501 e. The number of hydrogen-bond acceptors (Lipinski definition) is 4. The molecule has 0 fully saturated rings. The van der Waals surface area contributed by atoms with Gasteiger partial charge < -0.3 is 15.5 Å². The average Bonchev–Trinajstić information content (AvgIpc) is 3.20. The zero-order valence-corrected chi connectivity index (χ0v) is 16.8. The summed E-state index contributed by atoms with van der Waals surface area (Å²) in [6, 6.07) is 13.4.